The molecule has 1 heterocycles. The molecule has 21 heavy (non-hydrogen) atoms. The third-order valence-electron chi connectivity index (χ3n) is 2.96. The number of hydrogen-bond donors (Lipinski definition) is 0. The van der Waals surface area contributed by atoms with Gasteiger partial charge in [0.05, 0.1) is 10.8 Å². The highest BCUT2D eigenvalue weighted by molar-refractivity contribution is 7.84. The van der Waals surface area contributed by atoms with Crippen molar-refractivity contribution in [2.24, 2.45) is 5.92 Å². The van der Waals surface area contributed by atoms with Gasteiger partial charge in [0, 0.05) is 24.3 Å². The summed E-state index contributed by atoms with van der Waals surface area (Å²) in [6, 6.07) is 3.03. The van der Waals surface area contributed by atoms with Crippen LogP contribution >= 0.6 is 0 Å². The van der Waals surface area contributed by atoms with E-state index in [0.717, 1.165) is 12.1 Å². The van der Waals surface area contributed by atoms with Gasteiger partial charge in [0.25, 0.3) is 0 Å². The maximum absolute atomic E-state index is 13.2. The van der Waals surface area contributed by atoms with Crippen molar-refractivity contribution in [1.29, 1.82) is 0 Å². The van der Waals surface area contributed by atoms with Crippen molar-refractivity contribution in [3.63, 3.8) is 0 Å². The van der Waals surface area contributed by atoms with Gasteiger partial charge in [-0.05, 0) is 18.2 Å². The lowest BCUT2D eigenvalue weighted by molar-refractivity contribution is 0.0916. The molecule has 0 radical (unpaired) electrons. The van der Waals surface area contributed by atoms with Crippen LogP contribution in [0, 0.1) is 17.6 Å². The lowest BCUT2D eigenvalue weighted by Gasteiger charge is -2.12. The molecule has 8 heteroatoms. The second kappa shape index (κ2) is 6.21. The zero-order chi connectivity index (χ0) is 15.6. The van der Waals surface area contributed by atoms with Crippen LogP contribution in [0.1, 0.15) is 17.3 Å². The molecule has 2 rings (SSSR count). The maximum atomic E-state index is 13.2. The molecule has 0 amide bonds. The molecule has 0 bridgehead atoms. The third-order valence-corrected chi connectivity index (χ3v) is 3.79. The zero-order valence-electron chi connectivity index (χ0n) is 11.4. The molecule has 5 nitrogen and oxygen atoms in total. The van der Waals surface area contributed by atoms with Gasteiger partial charge in [0.2, 0.25) is 5.16 Å². The highest BCUT2D eigenvalue weighted by Gasteiger charge is 2.19. The highest BCUT2D eigenvalue weighted by Crippen LogP contribution is 2.15. The fourth-order valence-corrected chi connectivity index (χ4v) is 2.52. The summed E-state index contributed by atoms with van der Waals surface area (Å²) in [5.74, 6) is -2.92. The van der Waals surface area contributed by atoms with Gasteiger partial charge < -0.3 is 4.57 Å². The van der Waals surface area contributed by atoms with Crippen molar-refractivity contribution >= 4 is 16.6 Å². The lowest BCUT2D eigenvalue weighted by atomic mass is 9.99. The molecular weight excluding hydrogens is 300 g/mol. The number of Topliss-reactive ketones (excluding diaryl/α,β-unsaturated/α-hetero) is 1. The van der Waals surface area contributed by atoms with Crippen LogP contribution in [-0.2, 0) is 17.3 Å². The smallest absolute Gasteiger partial charge is 0.221 e. The average Bonchev–Trinajstić information content (AvgIpc) is 2.89. The van der Waals surface area contributed by atoms with Gasteiger partial charge >= 0.3 is 0 Å². The van der Waals surface area contributed by atoms with Crippen molar-refractivity contribution in [3.05, 3.63) is 41.7 Å². The molecule has 0 saturated carbocycles. The summed E-state index contributed by atoms with van der Waals surface area (Å²) < 4.78 is 39.0. The number of carbonyl (C=O) groups excluding carboxylic acids is 1. The predicted molar refractivity (Wildman–Crippen MR) is 72.2 cm³/mol. The Morgan fingerprint density at radius 2 is 2.10 bits per heavy atom. The van der Waals surface area contributed by atoms with Crippen LogP contribution < -0.4 is 0 Å². The Kier molecular flexibility index (Phi) is 4.56. The summed E-state index contributed by atoms with van der Waals surface area (Å²) in [4.78, 5) is 12.2. The van der Waals surface area contributed by atoms with Gasteiger partial charge in [-0.1, -0.05) is 6.92 Å². The minimum absolute atomic E-state index is 0.0913. The van der Waals surface area contributed by atoms with Crippen LogP contribution in [0.3, 0.4) is 0 Å². The van der Waals surface area contributed by atoms with E-state index in [9.17, 15) is 17.8 Å². The minimum Gasteiger partial charge on any atom is -0.306 e. The Bertz CT molecular complexity index is 702. The first-order valence-corrected chi connectivity index (χ1v) is 7.66. The molecule has 112 valence electrons. The topological polar surface area (TPSA) is 64.8 Å². The molecule has 0 N–H and O–H groups in total. The Balaban J connectivity index is 2.17. The predicted octanol–water partition coefficient (Wildman–Crippen LogP) is 1.81. The van der Waals surface area contributed by atoms with Crippen LogP contribution in [0.2, 0.25) is 0 Å². The third kappa shape index (κ3) is 3.38. The van der Waals surface area contributed by atoms with Crippen molar-refractivity contribution in [2.75, 3.05) is 6.26 Å². The molecule has 2 aromatic rings. The van der Waals surface area contributed by atoms with Gasteiger partial charge in [-0.15, -0.1) is 10.2 Å². The molecule has 0 fully saturated rings. The molecule has 0 aliphatic rings. The zero-order valence-corrected chi connectivity index (χ0v) is 12.2. The molecule has 2 atom stereocenters. The number of nitrogens with zero attached hydrogens (tertiary/aromatic N) is 3. The van der Waals surface area contributed by atoms with E-state index in [0.29, 0.717) is 0 Å². The Labute approximate surface area is 122 Å². The summed E-state index contributed by atoms with van der Waals surface area (Å²) in [6.45, 7) is 1.85. The van der Waals surface area contributed by atoms with Crippen molar-refractivity contribution in [3.8, 4) is 0 Å². The van der Waals surface area contributed by atoms with Gasteiger partial charge in [-0.3, -0.25) is 9.00 Å². The van der Waals surface area contributed by atoms with Crippen molar-refractivity contribution < 1.29 is 17.8 Å². The maximum Gasteiger partial charge on any atom is 0.221 e. The summed E-state index contributed by atoms with van der Waals surface area (Å²) in [6.07, 6.45) is 2.84. The normalized spacial score (nSPS) is 13.9. The molecule has 0 unspecified atom stereocenters. The quantitative estimate of drug-likeness (QED) is 0.790. The minimum atomic E-state index is -1.32. The average molecular weight is 313 g/mol. The van der Waals surface area contributed by atoms with E-state index in [2.05, 4.69) is 10.2 Å². The summed E-state index contributed by atoms with van der Waals surface area (Å²) in [5, 5.41) is 7.64. The van der Waals surface area contributed by atoms with Gasteiger partial charge in [-0.2, -0.15) is 0 Å². The van der Waals surface area contributed by atoms with E-state index >= 15 is 0 Å². The monoisotopic (exact) mass is 313 g/mol. The van der Waals surface area contributed by atoms with Crippen LogP contribution in [0.25, 0.3) is 0 Å². The number of hydrogen-bond acceptors (Lipinski definition) is 4. The standard InChI is InChI=1S/C13H13F2N3O2S/c1-8(6-18-7-16-17-13(18)21(2)20)12(19)9-3-4-10(14)11(15)5-9/h3-5,7-8H,6H2,1-2H3/t8-,21-/m1/s1. The Morgan fingerprint density at radius 3 is 2.71 bits per heavy atom. The second-order valence-electron chi connectivity index (χ2n) is 4.61. The summed E-state index contributed by atoms with van der Waals surface area (Å²) >= 11 is 0. The van der Waals surface area contributed by atoms with E-state index in [-0.39, 0.29) is 23.0 Å². The fourth-order valence-electron chi connectivity index (χ4n) is 1.90. The van der Waals surface area contributed by atoms with Crippen LogP contribution in [-0.4, -0.2) is 31.0 Å². The first kappa shape index (κ1) is 15.4. The number of ketones is 1. The number of halogens is 2. The number of rotatable bonds is 5. The van der Waals surface area contributed by atoms with E-state index in [1.165, 1.54) is 23.2 Å². The van der Waals surface area contributed by atoms with Gasteiger partial charge in [0.1, 0.15) is 6.33 Å². The Hall–Kier alpha value is -1.96. The molecule has 0 aliphatic carbocycles. The highest BCUT2D eigenvalue weighted by atomic mass is 32.2. The fraction of sp³-hybridized carbons (Fsp3) is 0.308. The first-order chi connectivity index (χ1) is 9.90. The van der Waals surface area contributed by atoms with Crippen molar-refractivity contribution in [1.82, 2.24) is 14.8 Å². The van der Waals surface area contributed by atoms with Crippen LogP contribution in [0.5, 0.6) is 0 Å². The first-order valence-electron chi connectivity index (χ1n) is 6.10. The largest absolute Gasteiger partial charge is 0.306 e. The van der Waals surface area contributed by atoms with E-state index in [1.807, 2.05) is 0 Å². The SMILES string of the molecule is C[C@H](Cn1cnnc1[S@@](C)=O)C(=O)c1ccc(F)c(F)c1. The summed E-state index contributed by atoms with van der Waals surface area (Å²) in [5.41, 5.74) is 0.0913. The number of benzene rings is 1. The second-order valence-corrected chi connectivity index (χ2v) is 5.89. The van der Waals surface area contributed by atoms with Crippen LogP contribution in [0.15, 0.2) is 29.7 Å². The summed E-state index contributed by atoms with van der Waals surface area (Å²) in [7, 11) is -1.32. The van der Waals surface area contributed by atoms with Crippen molar-refractivity contribution in [2.45, 2.75) is 18.6 Å². The van der Waals surface area contributed by atoms with Crippen LogP contribution in [0.4, 0.5) is 8.78 Å². The van der Waals surface area contributed by atoms with Gasteiger partial charge in [-0.25, -0.2) is 8.78 Å². The Morgan fingerprint density at radius 1 is 1.38 bits per heavy atom. The number of aromatic nitrogens is 3. The van der Waals surface area contributed by atoms with E-state index < -0.39 is 28.4 Å². The molecule has 0 saturated heterocycles. The molecule has 0 aliphatic heterocycles. The van der Waals surface area contributed by atoms with E-state index in [1.54, 1.807) is 6.92 Å². The lowest BCUT2D eigenvalue weighted by Crippen LogP contribution is -2.19. The molecule has 1 aromatic carbocycles. The molecule has 1 aromatic heterocycles. The van der Waals surface area contributed by atoms with E-state index in [4.69, 9.17) is 0 Å². The number of carbonyl (C=O) groups is 1. The molecule has 0 spiro atoms. The van der Waals surface area contributed by atoms with Gasteiger partial charge in [0.15, 0.2) is 17.4 Å². The molecular formula is C13H13F2N3O2S.